The van der Waals surface area contributed by atoms with Gasteiger partial charge >= 0.3 is 5.97 Å². The summed E-state index contributed by atoms with van der Waals surface area (Å²) in [5.74, 6) is -0.433. The lowest BCUT2D eigenvalue weighted by molar-refractivity contribution is -0.145. The van der Waals surface area contributed by atoms with Gasteiger partial charge in [0.1, 0.15) is 12.4 Å². The third kappa shape index (κ3) is 3.81. The highest BCUT2D eigenvalue weighted by Crippen LogP contribution is 2.12. The second kappa shape index (κ2) is 6.39. The zero-order valence-corrected chi connectivity index (χ0v) is 12.2. The van der Waals surface area contributed by atoms with Crippen LogP contribution in [0.2, 0.25) is 0 Å². The first-order chi connectivity index (χ1) is 9.97. The average Bonchev–Trinajstić information content (AvgIpc) is 2.84. The third-order valence-electron chi connectivity index (χ3n) is 3.26. The van der Waals surface area contributed by atoms with Crippen molar-refractivity contribution in [1.82, 2.24) is 14.9 Å². The van der Waals surface area contributed by atoms with Crippen molar-refractivity contribution in [3.05, 3.63) is 30.1 Å². The van der Waals surface area contributed by atoms with E-state index in [1.54, 1.807) is 0 Å². The van der Waals surface area contributed by atoms with E-state index in [9.17, 15) is 9.59 Å². The number of rotatable bonds is 6. The van der Waals surface area contributed by atoms with Crippen LogP contribution in [0.1, 0.15) is 26.1 Å². The Bertz CT molecular complexity index is 615. The van der Waals surface area contributed by atoms with Crippen LogP contribution < -0.4 is 0 Å². The maximum Gasteiger partial charge on any atom is 0.323 e. The number of carboxylic acids is 1. The first-order valence-electron chi connectivity index (χ1n) is 6.92. The standard InChI is InChI=1S/C15H19N3O3/c1-10(2)18(9-15(20)21)14(19)8-7-13-16-11-5-3-4-6-12(11)17-13/h3-6,10H,7-9H2,1-2H3,(H,16,17)(H,20,21). The Morgan fingerprint density at radius 3 is 2.67 bits per heavy atom. The number of hydrogen-bond acceptors (Lipinski definition) is 3. The van der Waals surface area contributed by atoms with Crippen LogP contribution in [0.5, 0.6) is 0 Å². The van der Waals surface area contributed by atoms with Gasteiger partial charge in [-0.2, -0.15) is 0 Å². The summed E-state index contributed by atoms with van der Waals surface area (Å²) < 4.78 is 0. The van der Waals surface area contributed by atoms with Gasteiger partial charge in [-0.15, -0.1) is 0 Å². The molecule has 1 heterocycles. The highest BCUT2D eigenvalue weighted by molar-refractivity contribution is 5.82. The molecule has 1 amide bonds. The lowest BCUT2D eigenvalue weighted by Crippen LogP contribution is -2.40. The largest absolute Gasteiger partial charge is 0.480 e. The summed E-state index contributed by atoms with van der Waals surface area (Å²) in [5.41, 5.74) is 1.80. The number of carboxylic acid groups (broad SMARTS) is 1. The normalized spacial score (nSPS) is 11.0. The third-order valence-corrected chi connectivity index (χ3v) is 3.26. The number of carbonyl (C=O) groups is 2. The number of nitrogens with one attached hydrogen (secondary N) is 1. The molecule has 0 fully saturated rings. The van der Waals surface area contributed by atoms with Crippen molar-refractivity contribution < 1.29 is 14.7 Å². The fraction of sp³-hybridized carbons (Fsp3) is 0.400. The summed E-state index contributed by atoms with van der Waals surface area (Å²) in [7, 11) is 0. The molecule has 2 aromatic rings. The SMILES string of the molecule is CC(C)N(CC(=O)O)C(=O)CCc1nc2ccccc2[nH]1. The molecule has 0 saturated heterocycles. The second-order valence-electron chi connectivity index (χ2n) is 5.21. The molecule has 0 atom stereocenters. The van der Waals surface area contributed by atoms with Crippen molar-refractivity contribution in [1.29, 1.82) is 0 Å². The Kier molecular flexibility index (Phi) is 4.57. The zero-order valence-electron chi connectivity index (χ0n) is 12.2. The summed E-state index contributed by atoms with van der Waals surface area (Å²) in [5, 5.41) is 8.85. The lowest BCUT2D eigenvalue weighted by atomic mass is 10.2. The van der Waals surface area contributed by atoms with Crippen LogP contribution >= 0.6 is 0 Å². The number of aromatic nitrogens is 2. The fourth-order valence-electron chi connectivity index (χ4n) is 2.20. The molecule has 6 heteroatoms. The van der Waals surface area contributed by atoms with E-state index in [4.69, 9.17) is 5.11 Å². The van der Waals surface area contributed by atoms with Crippen molar-refractivity contribution in [2.45, 2.75) is 32.7 Å². The van der Waals surface area contributed by atoms with Gasteiger partial charge in [0.2, 0.25) is 5.91 Å². The van der Waals surface area contributed by atoms with E-state index in [0.29, 0.717) is 6.42 Å². The van der Waals surface area contributed by atoms with Gasteiger partial charge in [-0.25, -0.2) is 4.98 Å². The van der Waals surface area contributed by atoms with Crippen LogP contribution in [-0.4, -0.2) is 44.4 Å². The number of fused-ring (bicyclic) bond motifs is 1. The molecule has 1 aromatic heterocycles. The number of benzene rings is 1. The van der Waals surface area contributed by atoms with Crippen molar-refractivity contribution in [2.75, 3.05) is 6.54 Å². The second-order valence-corrected chi connectivity index (χ2v) is 5.21. The number of H-pyrrole nitrogens is 1. The minimum atomic E-state index is -0.999. The van der Waals surface area contributed by atoms with E-state index in [-0.39, 0.29) is 24.9 Å². The van der Waals surface area contributed by atoms with Crippen molar-refractivity contribution in [3.8, 4) is 0 Å². The lowest BCUT2D eigenvalue weighted by Gasteiger charge is -2.24. The van der Waals surface area contributed by atoms with Crippen molar-refractivity contribution in [2.24, 2.45) is 0 Å². The number of aliphatic carboxylic acids is 1. The Morgan fingerprint density at radius 1 is 1.33 bits per heavy atom. The Labute approximate surface area is 122 Å². The Morgan fingerprint density at radius 2 is 2.05 bits per heavy atom. The van der Waals surface area contributed by atoms with Crippen LogP contribution in [0.15, 0.2) is 24.3 Å². The van der Waals surface area contributed by atoms with Gasteiger partial charge in [0, 0.05) is 18.9 Å². The van der Waals surface area contributed by atoms with Crippen LogP contribution in [0.4, 0.5) is 0 Å². The molecule has 0 aliphatic carbocycles. The summed E-state index contributed by atoms with van der Waals surface area (Å²) in [6.45, 7) is 3.35. The highest BCUT2D eigenvalue weighted by Gasteiger charge is 2.19. The summed E-state index contributed by atoms with van der Waals surface area (Å²) in [4.78, 5) is 31.9. The molecule has 6 nitrogen and oxygen atoms in total. The summed E-state index contributed by atoms with van der Waals surface area (Å²) in [6.07, 6.45) is 0.710. The zero-order chi connectivity index (χ0) is 15.4. The van der Waals surface area contributed by atoms with E-state index in [1.807, 2.05) is 38.1 Å². The number of hydrogen-bond donors (Lipinski definition) is 2. The van der Waals surface area contributed by atoms with Gasteiger partial charge in [-0.05, 0) is 26.0 Å². The molecule has 2 N–H and O–H groups in total. The van der Waals surface area contributed by atoms with Crippen molar-refractivity contribution >= 4 is 22.9 Å². The molecule has 21 heavy (non-hydrogen) atoms. The van der Waals surface area contributed by atoms with Crippen LogP contribution in [0.25, 0.3) is 11.0 Å². The number of para-hydroxylation sites is 2. The van der Waals surface area contributed by atoms with Crippen molar-refractivity contribution in [3.63, 3.8) is 0 Å². The molecule has 0 bridgehead atoms. The average molecular weight is 289 g/mol. The number of aromatic amines is 1. The molecule has 0 aliphatic rings. The fourth-order valence-corrected chi connectivity index (χ4v) is 2.20. The quantitative estimate of drug-likeness (QED) is 0.849. The monoisotopic (exact) mass is 289 g/mol. The number of carbonyl (C=O) groups excluding carboxylic acids is 1. The maximum atomic E-state index is 12.1. The minimum absolute atomic E-state index is 0.135. The van der Waals surface area contributed by atoms with E-state index in [0.717, 1.165) is 16.9 Å². The first kappa shape index (κ1) is 15.0. The smallest absolute Gasteiger partial charge is 0.323 e. The number of nitrogens with zero attached hydrogens (tertiary/aromatic N) is 2. The molecule has 0 spiro atoms. The van der Waals surface area contributed by atoms with E-state index < -0.39 is 5.97 Å². The Balaban J connectivity index is 2.00. The predicted octanol–water partition coefficient (Wildman–Crippen LogP) is 1.82. The first-order valence-corrected chi connectivity index (χ1v) is 6.92. The van der Waals surface area contributed by atoms with Gasteiger partial charge in [0.15, 0.2) is 0 Å². The molecule has 112 valence electrons. The molecule has 0 saturated carbocycles. The van der Waals surface area contributed by atoms with Gasteiger partial charge in [0.05, 0.1) is 11.0 Å². The highest BCUT2D eigenvalue weighted by atomic mass is 16.4. The van der Waals surface area contributed by atoms with Gasteiger partial charge in [-0.3, -0.25) is 9.59 Å². The Hall–Kier alpha value is -2.37. The molecular weight excluding hydrogens is 270 g/mol. The molecule has 0 radical (unpaired) electrons. The van der Waals surface area contributed by atoms with Crippen LogP contribution in [0, 0.1) is 0 Å². The van der Waals surface area contributed by atoms with Crippen LogP contribution in [0.3, 0.4) is 0 Å². The van der Waals surface area contributed by atoms with E-state index in [1.165, 1.54) is 4.90 Å². The summed E-state index contributed by atoms with van der Waals surface area (Å²) in [6, 6.07) is 7.53. The molecule has 0 unspecified atom stereocenters. The van der Waals surface area contributed by atoms with Crippen LogP contribution in [-0.2, 0) is 16.0 Å². The van der Waals surface area contributed by atoms with E-state index in [2.05, 4.69) is 9.97 Å². The van der Waals surface area contributed by atoms with Gasteiger partial charge in [-0.1, -0.05) is 12.1 Å². The van der Waals surface area contributed by atoms with E-state index >= 15 is 0 Å². The predicted molar refractivity (Wildman–Crippen MR) is 78.9 cm³/mol. The molecule has 2 rings (SSSR count). The number of imidazole rings is 1. The molecular formula is C15H19N3O3. The number of aryl methyl sites for hydroxylation is 1. The number of amides is 1. The topological polar surface area (TPSA) is 86.3 Å². The maximum absolute atomic E-state index is 12.1. The molecule has 0 aliphatic heterocycles. The minimum Gasteiger partial charge on any atom is -0.480 e. The molecule has 1 aromatic carbocycles. The summed E-state index contributed by atoms with van der Waals surface area (Å²) >= 11 is 0. The van der Waals surface area contributed by atoms with Gasteiger partial charge < -0.3 is 15.0 Å². The van der Waals surface area contributed by atoms with Gasteiger partial charge in [0.25, 0.3) is 0 Å².